The van der Waals surface area contributed by atoms with Crippen molar-refractivity contribution in [2.75, 3.05) is 11.1 Å². The van der Waals surface area contributed by atoms with Crippen molar-refractivity contribution in [3.05, 3.63) is 0 Å². The van der Waals surface area contributed by atoms with Gasteiger partial charge in [0.05, 0.1) is 0 Å². The van der Waals surface area contributed by atoms with Crippen molar-refractivity contribution >= 4 is 27.7 Å². The van der Waals surface area contributed by atoms with Crippen LogP contribution >= 0.6 is 27.7 Å². The molecule has 1 rings (SSSR count). The van der Waals surface area contributed by atoms with Gasteiger partial charge in [-0.05, 0) is 30.4 Å². The third-order valence-electron chi connectivity index (χ3n) is 2.95. The highest BCUT2D eigenvalue weighted by Gasteiger charge is 2.35. The monoisotopic (exact) mass is 250 g/mol. The molecule has 0 saturated heterocycles. The Morgan fingerprint density at radius 2 is 2.17 bits per heavy atom. The number of hydrogen-bond donors (Lipinski definition) is 0. The van der Waals surface area contributed by atoms with Crippen molar-refractivity contribution in [1.82, 2.24) is 0 Å². The van der Waals surface area contributed by atoms with Gasteiger partial charge in [-0.15, -0.1) is 0 Å². The Bertz CT molecular complexity index is 126. The molecule has 1 aliphatic carbocycles. The van der Waals surface area contributed by atoms with Crippen LogP contribution in [0.2, 0.25) is 0 Å². The van der Waals surface area contributed by atoms with Gasteiger partial charge in [-0.1, -0.05) is 36.2 Å². The number of hydrogen-bond acceptors (Lipinski definition) is 1. The van der Waals surface area contributed by atoms with Gasteiger partial charge < -0.3 is 0 Å². The van der Waals surface area contributed by atoms with Crippen LogP contribution in [-0.2, 0) is 0 Å². The Labute approximate surface area is 89.0 Å². The summed E-state index contributed by atoms with van der Waals surface area (Å²) in [5, 5.41) is 2.06. The molecule has 0 heterocycles. The summed E-state index contributed by atoms with van der Waals surface area (Å²) in [4.78, 5) is 0. The quantitative estimate of drug-likeness (QED) is 0.663. The highest BCUT2D eigenvalue weighted by molar-refractivity contribution is 9.09. The van der Waals surface area contributed by atoms with Crippen LogP contribution in [0, 0.1) is 5.41 Å². The molecule has 1 fully saturated rings. The van der Waals surface area contributed by atoms with Gasteiger partial charge in [0.1, 0.15) is 0 Å². The zero-order valence-electron chi connectivity index (χ0n) is 8.11. The van der Waals surface area contributed by atoms with Crippen molar-refractivity contribution in [1.29, 1.82) is 0 Å². The van der Waals surface area contributed by atoms with Gasteiger partial charge in [0.15, 0.2) is 0 Å². The van der Waals surface area contributed by atoms with Gasteiger partial charge in [0, 0.05) is 10.6 Å². The predicted molar refractivity (Wildman–Crippen MR) is 62.3 cm³/mol. The fraction of sp³-hybridized carbons (Fsp3) is 1.00. The highest BCUT2D eigenvalue weighted by atomic mass is 79.9. The van der Waals surface area contributed by atoms with E-state index in [0.717, 1.165) is 5.25 Å². The Balaban J connectivity index is 2.20. The lowest BCUT2D eigenvalue weighted by molar-refractivity contribution is 0.206. The highest BCUT2D eigenvalue weighted by Crippen LogP contribution is 2.45. The fourth-order valence-corrected chi connectivity index (χ4v) is 3.72. The molecule has 0 N–H and O–H groups in total. The van der Waals surface area contributed by atoms with Crippen molar-refractivity contribution < 1.29 is 0 Å². The van der Waals surface area contributed by atoms with Crippen molar-refractivity contribution in [2.24, 2.45) is 5.41 Å². The summed E-state index contributed by atoms with van der Waals surface area (Å²) in [6, 6.07) is 0. The first kappa shape index (κ1) is 10.9. The van der Waals surface area contributed by atoms with E-state index >= 15 is 0 Å². The molecule has 1 atom stereocenters. The number of alkyl halides is 1. The third kappa shape index (κ3) is 2.66. The first-order valence-corrected chi connectivity index (χ1v) is 7.07. The van der Waals surface area contributed by atoms with Crippen LogP contribution in [0.4, 0.5) is 0 Å². The van der Waals surface area contributed by atoms with E-state index in [1.807, 2.05) is 0 Å². The Morgan fingerprint density at radius 3 is 2.50 bits per heavy atom. The summed E-state index contributed by atoms with van der Waals surface area (Å²) in [7, 11) is 0. The second-order valence-corrected chi connectivity index (χ2v) is 6.00. The molecule has 0 spiro atoms. The molecule has 0 aliphatic heterocycles. The minimum Gasteiger partial charge on any atom is -0.158 e. The normalized spacial score (nSPS) is 23.2. The Morgan fingerprint density at radius 1 is 1.50 bits per heavy atom. The first-order chi connectivity index (χ1) is 5.72. The molecule has 0 amide bonds. The van der Waals surface area contributed by atoms with Gasteiger partial charge in [0.2, 0.25) is 0 Å². The average molecular weight is 251 g/mol. The number of rotatable bonds is 5. The standard InChI is InChI=1S/C10H19BrS/c1-3-9(2)12-8-10(7-11)5-4-6-10/h9H,3-8H2,1-2H3. The van der Waals surface area contributed by atoms with E-state index < -0.39 is 0 Å². The largest absolute Gasteiger partial charge is 0.158 e. The van der Waals surface area contributed by atoms with Crippen LogP contribution in [0.1, 0.15) is 39.5 Å². The van der Waals surface area contributed by atoms with Gasteiger partial charge >= 0.3 is 0 Å². The van der Waals surface area contributed by atoms with Gasteiger partial charge in [-0.2, -0.15) is 11.8 Å². The van der Waals surface area contributed by atoms with Gasteiger partial charge in [-0.25, -0.2) is 0 Å². The van der Waals surface area contributed by atoms with Crippen LogP contribution in [-0.4, -0.2) is 16.3 Å². The second-order valence-electron chi connectivity index (χ2n) is 4.02. The summed E-state index contributed by atoms with van der Waals surface area (Å²) < 4.78 is 0. The summed E-state index contributed by atoms with van der Waals surface area (Å²) in [5.74, 6) is 1.37. The minimum atomic E-state index is 0.675. The van der Waals surface area contributed by atoms with E-state index in [-0.39, 0.29) is 0 Å². The van der Waals surface area contributed by atoms with Crippen molar-refractivity contribution in [2.45, 2.75) is 44.8 Å². The molecular formula is C10H19BrS. The topological polar surface area (TPSA) is 0 Å². The molecule has 0 radical (unpaired) electrons. The van der Waals surface area contributed by atoms with Crippen LogP contribution in [0.3, 0.4) is 0 Å². The molecule has 1 unspecified atom stereocenters. The molecule has 12 heavy (non-hydrogen) atoms. The summed E-state index contributed by atoms with van der Waals surface area (Å²) in [6.07, 6.45) is 5.65. The van der Waals surface area contributed by atoms with Gasteiger partial charge in [-0.3, -0.25) is 0 Å². The van der Waals surface area contributed by atoms with Crippen LogP contribution < -0.4 is 0 Å². The van der Waals surface area contributed by atoms with Crippen LogP contribution in [0.25, 0.3) is 0 Å². The van der Waals surface area contributed by atoms with Gasteiger partial charge in [0.25, 0.3) is 0 Å². The lowest BCUT2D eigenvalue weighted by Gasteiger charge is -2.40. The number of thioether (sulfide) groups is 1. The molecule has 1 aliphatic rings. The predicted octanol–water partition coefficient (Wildman–Crippen LogP) is 4.08. The van der Waals surface area contributed by atoms with E-state index in [1.165, 1.54) is 36.8 Å². The van der Waals surface area contributed by atoms with E-state index in [2.05, 4.69) is 41.5 Å². The lowest BCUT2D eigenvalue weighted by Crippen LogP contribution is -2.34. The van der Waals surface area contributed by atoms with E-state index in [1.54, 1.807) is 0 Å². The smallest absolute Gasteiger partial charge is 0.00958 e. The molecule has 0 aromatic heterocycles. The van der Waals surface area contributed by atoms with Crippen LogP contribution in [0.15, 0.2) is 0 Å². The SMILES string of the molecule is CCC(C)SCC1(CBr)CCC1. The maximum Gasteiger partial charge on any atom is 0.00958 e. The molecule has 2 heteroatoms. The first-order valence-electron chi connectivity index (χ1n) is 4.90. The van der Waals surface area contributed by atoms with Crippen LogP contribution in [0.5, 0.6) is 0 Å². The minimum absolute atomic E-state index is 0.675. The molecule has 1 saturated carbocycles. The summed E-state index contributed by atoms with van der Waals surface area (Å²) in [6.45, 7) is 4.62. The molecule has 0 bridgehead atoms. The van der Waals surface area contributed by atoms with E-state index in [0.29, 0.717) is 5.41 Å². The second kappa shape index (κ2) is 4.90. The molecule has 0 nitrogen and oxygen atoms in total. The molecule has 0 aromatic carbocycles. The summed E-state index contributed by atoms with van der Waals surface area (Å²) >= 11 is 5.80. The van der Waals surface area contributed by atoms with Crippen molar-refractivity contribution in [3.8, 4) is 0 Å². The fourth-order valence-electron chi connectivity index (χ4n) is 1.43. The molecule has 72 valence electrons. The Hall–Kier alpha value is 0.830. The summed E-state index contributed by atoms with van der Waals surface area (Å²) in [5.41, 5.74) is 0.675. The third-order valence-corrected chi connectivity index (χ3v) is 5.82. The maximum atomic E-state index is 3.64. The lowest BCUT2D eigenvalue weighted by atomic mass is 9.72. The Kier molecular flexibility index (Phi) is 4.45. The maximum absolute atomic E-state index is 3.64. The van der Waals surface area contributed by atoms with E-state index in [4.69, 9.17) is 0 Å². The zero-order chi connectivity index (χ0) is 9.03. The molecular weight excluding hydrogens is 232 g/mol. The molecule has 0 aromatic rings. The number of halogens is 1. The van der Waals surface area contributed by atoms with Crippen molar-refractivity contribution in [3.63, 3.8) is 0 Å². The zero-order valence-corrected chi connectivity index (χ0v) is 10.5. The average Bonchev–Trinajstić information content (AvgIpc) is 2.03. The van der Waals surface area contributed by atoms with E-state index in [9.17, 15) is 0 Å².